The molecule has 0 saturated carbocycles. The van der Waals surface area contributed by atoms with Crippen molar-refractivity contribution in [2.24, 2.45) is 0 Å². The van der Waals surface area contributed by atoms with Gasteiger partial charge in [0.15, 0.2) is 0 Å². The monoisotopic (exact) mass is 312 g/mol. The Balaban J connectivity index is 1.59. The predicted octanol–water partition coefficient (Wildman–Crippen LogP) is 3.93. The van der Waals surface area contributed by atoms with Crippen LogP contribution in [-0.4, -0.2) is 31.6 Å². The number of likely N-dealkylation sites (tertiary alicyclic amines) is 1. The number of likely N-dealkylation sites (N-methyl/N-ethyl adjacent to an activating group) is 1. The minimum Gasteiger partial charge on any atom is -0.373 e. The van der Waals surface area contributed by atoms with Gasteiger partial charge >= 0.3 is 0 Å². The van der Waals surface area contributed by atoms with E-state index < -0.39 is 0 Å². The molecule has 1 fully saturated rings. The smallest absolute Gasteiger partial charge is 0.0410 e. The Bertz CT molecular complexity index is 685. The normalized spacial score (nSPS) is 24.2. The molecule has 0 N–H and O–H groups in total. The van der Waals surface area contributed by atoms with Gasteiger partial charge in [0.25, 0.3) is 0 Å². The van der Waals surface area contributed by atoms with E-state index in [1.807, 2.05) is 6.07 Å². The maximum atomic E-state index is 6.27. The first-order chi connectivity index (χ1) is 10.7. The van der Waals surface area contributed by atoms with Crippen LogP contribution in [0.1, 0.15) is 17.5 Å². The maximum Gasteiger partial charge on any atom is 0.0410 e. The second kappa shape index (κ2) is 5.29. The fourth-order valence-corrected chi connectivity index (χ4v) is 4.35. The first kappa shape index (κ1) is 14.1. The van der Waals surface area contributed by atoms with Crippen LogP contribution in [-0.2, 0) is 12.0 Å². The van der Waals surface area contributed by atoms with Crippen LogP contribution in [0.15, 0.2) is 48.5 Å². The SMILES string of the molecule is CN1C[C@@]2(CCN(Cc3ccccc3)C2)c2cc(Cl)ccc21. The molecule has 2 aromatic rings. The number of hydrogen-bond donors (Lipinski definition) is 0. The summed E-state index contributed by atoms with van der Waals surface area (Å²) >= 11 is 6.27. The van der Waals surface area contributed by atoms with E-state index in [0.29, 0.717) is 0 Å². The molecule has 114 valence electrons. The van der Waals surface area contributed by atoms with Crippen LogP contribution in [0, 0.1) is 0 Å². The average molecular weight is 313 g/mol. The topological polar surface area (TPSA) is 6.48 Å². The molecule has 1 atom stereocenters. The number of benzene rings is 2. The number of nitrogens with zero attached hydrogens (tertiary/aromatic N) is 2. The molecule has 0 aliphatic carbocycles. The largest absolute Gasteiger partial charge is 0.373 e. The summed E-state index contributed by atoms with van der Waals surface area (Å²) in [7, 11) is 2.20. The van der Waals surface area contributed by atoms with E-state index in [1.54, 1.807) is 0 Å². The van der Waals surface area contributed by atoms with Crippen LogP contribution >= 0.6 is 11.6 Å². The second-order valence-corrected chi connectivity index (χ2v) is 7.18. The highest BCUT2D eigenvalue weighted by atomic mass is 35.5. The average Bonchev–Trinajstić information content (AvgIpc) is 3.03. The van der Waals surface area contributed by atoms with E-state index in [9.17, 15) is 0 Å². The zero-order valence-electron chi connectivity index (χ0n) is 12.9. The fourth-order valence-electron chi connectivity index (χ4n) is 4.17. The summed E-state index contributed by atoms with van der Waals surface area (Å²) in [5.74, 6) is 0. The first-order valence-electron chi connectivity index (χ1n) is 7.94. The van der Waals surface area contributed by atoms with E-state index in [0.717, 1.165) is 31.2 Å². The molecule has 0 aromatic heterocycles. The summed E-state index contributed by atoms with van der Waals surface area (Å²) < 4.78 is 0. The molecule has 0 radical (unpaired) electrons. The van der Waals surface area contributed by atoms with Gasteiger partial charge in [-0.1, -0.05) is 41.9 Å². The Kier molecular flexibility index (Phi) is 3.39. The molecule has 1 spiro atoms. The van der Waals surface area contributed by atoms with Crippen LogP contribution in [0.5, 0.6) is 0 Å². The molecular weight excluding hydrogens is 292 g/mol. The molecule has 3 heteroatoms. The first-order valence-corrected chi connectivity index (χ1v) is 8.32. The highest BCUT2D eigenvalue weighted by Crippen LogP contribution is 2.46. The lowest BCUT2D eigenvalue weighted by Crippen LogP contribution is -2.35. The molecule has 0 unspecified atom stereocenters. The quantitative estimate of drug-likeness (QED) is 0.829. The number of hydrogen-bond acceptors (Lipinski definition) is 2. The number of anilines is 1. The zero-order chi connectivity index (χ0) is 15.2. The van der Waals surface area contributed by atoms with Crippen LogP contribution in [0.3, 0.4) is 0 Å². The van der Waals surface area contributed by atoms with Gasteiger partial charge in [0.2, 0.25) is 0 Å². The molecule has 2 aromatic carbocycles. The molecule has 0 amide bonds. The summed E-state index contributed by atoms with van der Waals surface area (Å²) in [5, 5.41) is 0.856. The maximum absolute atomic E-state index is 6.27. The van der Waals surface area contributed by atoms with E-state index in [1.165, 1.54) is 23.2 Å². The third-order valence-electron chi connectivity index (χ3n) is 5.16. The fraction of sp³-hybridized carbons (Fsp3) is 0.368. The highest BCUT2D eigenvalue weighted by Gasteiger charge is 2.46. The molecule has 4 rings (SSSR count). The lowest BCUT2D eigenvalue weighted by molar-refractivity contribution is 0.307. The van der Waals surface area contributed by atoms with Crippen molar-refractivity contribution in [3.05, 3.63) is 64.7 Å². The van der Waals surface area contributed by atoms with Crippen LogP contribution < -0.4 is 4.90 Å². The van der Waals surface area contributed by atoms with Crippen molar-refractivity contribution in [2.45, 2.75) is 18.4 Å². The molecule has 1 saturated heterocycles. The Labute approximate surface area is 137 Å². The van der Waals surface area contributed by atoms with Crippen molar-refractivity contribution in [1.82, 2.24) is 4.90 Å². The van der Waals surface area contributed by atoms with Crippen molar-refractivity contribution >= 4 is 17.3 Å². The molecule has 2 nitrogen and oxygen atoms in total. The Morgan fingerprint density at radius 1 is 1.09 bits per heavy atom. The van der Waals surface area contributed by atoms with Crippen molar-refractivity contribution in [2.75, 3.05) is 31.6 Å². The van der Waals surface area contributed by atoms with Gasteiger partial charge in [-0.2, -0.15) is 0 Å². The van der Waals surface area contributed by atoms with Gasteiger partial charge in [-0.25, -0.2) is 0 Å². The van der Waals surface area contributed by atoms with E-state index in [2.05, 4.69) is 59.3 Å². The van der Waals surface area contributed by atoms with Crippen molar-refractivity contribution < 1.29 is 0 Å². The van der Waals surface area contributed by atoms with E-state index >= 15 is 0 Å². The summed E-state index contributed by atoms with van der Waals surface area (Å²) in [6.45, 7) is 4.43. The molecule has 22 heavy (non-hydrogen) atoms. The van der Waals surface area contributed by atoms with Crippen LogP contribution in [0.2, 0.25) is 5.02 Å². The summed E-state index contributed by atoms with van der Waals surface area (Å²) in [6.07, 6.45) is 1.22. The van der Waals surface area contributed by atoms with Crippen LogP contribution in [0.4, 0.5) is 5.69 Å². The van der Waals surface area contributed by atoms with E-state index in [4.69, 9.17) is 11.6 Å². The van der Waals surface area contributed by atoms with Gasteiger partial charge in [0.05, 0.1) is 0 Å². The van der Waals surface area contributed by atoms with Crippen LogP contribution in [0.25, 0.3) is 0 Å². The van der Waals surface area contributed by atoms with Gasteiger partial charge in [0.1, 0.15) is 0 Å². The molecule has 2 aliphatic rings. The Hall–Kier alpha value is -1.51. The van der Waals surface area contributed by atoms with E-state index in [-0.39, 0.29) is 5.41 Å². The minimum absolute atomic E-state index is 0.254. The molecular formula is C19H21ClN2. The lowest BCUT2D eigenvalue weighted by Gasteiger charge is -2.25. The zero-order valence-corrected chi connectivity index (χ0v) is 13.7. The van der Waals surface area contributed by atoms with Gasteiger partial charge in [0, 0.05) is 42.8 Å². The van der Waals surface area contributed by atoms with Gasteiger partial charge < -0.3 is 4.90 Å². The minimum atomic E-state index is 0.254. The predicted molar refractivity (Wildman–Crippen MR) is 92.7 cm³/mol. The molecule has 2 aliphatic heterocycles. The summed E-state index contributed by atoms with van der Waals surface area (Å²) in [6, 6.07) is 17.1. The van der Waals surface area contributed by atoms with Gasteiger partial charge in [-0.05, 0) is 42.3 Å². The van der Waals surface area contributed by atoms with Crippen molar-refractivity contribution in [3.63, 3.8) is 0 Å². The Morgan fingerprint density at radius 3 is 2.73 bits per heavy atom. The number of halogens is 1. The second-order valence-electron chi connectivity index (χ2n) is 6.74. The summed E-state index contributed by atoms with van der Waals surface area (Å²) in [4.78, 5) is 4.97. The Morgan fingerprint density at radius 2 is 1.91 bits per heavy atom. The standard InChI is InChI=1S/C19H21ClN2/c1-21-13-19(17-11-16(20)7-8-18(17)21)9-10-22(14-19)12-15-5-3-2-4-6-15/h2-8,11H,9-10,12-14H2,1H3/t19-/m1/s1. The van der Waals surface area contributed by atoms with Gasteiger partial charge in [-0.3, -0.25) is 4.90 Å². The summed E-state index contributed by atoms with van der Waals surface area (Å²) in [5.41, 5.74) is 4.45. The third-order valence-corrected chi connectivity index (χ3v) is 5.40. The molecule has 2 heterocycles. The number of fused-ring (bicyclic) bond motifs is 2. The number of rotatable bonds is 2. The van der Waals surface area contributed by atoms with Crippen molar-refractivity contribution in [3.8, 4) is 0 Å². The highest BCUT2D eigenvalue weighted by molar-refractivity contribution is 6.30. The van der Waals surface area contributed by atoms with Crippen molar-refractivity contribution in [1.29, 1.82) is 0 Å². The van der Waals surface area contributed by atoms with Gasteiger partial charge in [-0.15, -0.1) is 0 Å². The lowest BCUT2D eigenvalue weighted by atomic mass is 9.81. The third kappa shape index (κ3) is 2.31. The molecule has 0 bridgehead atoms.